The SMILES string of the molecule is CSC(CO)C(C)NC(C)CNC(=O)OC(C)(C)C. The number of ether oxygens (including phenoxy) is 1. The van der Waals surface area contributed by atoms with Gasteiger partial charge in [0.05, 0.1) is 6.61 Å². The summed E-state index contributed by atoms with van der Waals surface area (Å²) in [6.45, 7) is 10.2. The van der Waals surface area contributed by atoms with E-state index in [2.05, 4.69) is 10.6 Å². The van der Waals surface area contributed by atoms with E-state index in [9.17, 15) is 9.90 Å². The first kappa shape index (κ1) is 18.5. The van der Waals surface area contributed by atoms with Crippen molar-refractivity contribution in [1.29, 1.82) is 0 Å². The smallest absolute Gasteiger partial charge is 0.407 e. The Kier molecular flexibility index (Phi) is 8.45. The Morgan fingerprint density at radius 1 is 1.37 bits per heavy atom. The van der Waals surface area contributed by atoms with Crippen molar-refractivity contribution in [3.05, 3.63) is 0 Å². The summed E-state index contributed by atoms with van der Waals surface area (Å²) in [6, 6.07) is 0.291. The van der Waals surface area contributed by atoms with Gasteiger partial charge in [0.15, 0.2) is 0 Å². The maximum absolute atomic E-state index is 11.5. The van der Waals surface area contributed by atoms with E-state index >= 15 is 0 Å². The molecule has 0 radical (unpaired) electrons. The summed E-state index contributed by atoms with van der Waals surface area (Å²) >= 11 is 1.63. The number of aliphatic hydroxyl groups excluding tert-OH is 1. The van der Waals surface area contributed by atoms with Crippen molar-refractivity contribution in [2.24, 2.45) is 0 Å². The molecule has 0 saturated carbocycles. The van der Waals surface area contributed by atoms with E-state index < -0.39 is 11.7 Å². The number of rotatable bonds is 7. The van der Waals surface area contributed by atoms with Crippen LogP contribution in [-0.2, 0) is 4.74 Å². The normalized spacial score (nSPS) is 16.6. The van der Waals surface area contributed by atoms with Gasteiger partial charge in [-0.3, -0.25) is 0 Å². The van der Waals surface area contributed by atoms with E-state index in [0.717, 1.165) is 0 Å². The number of carbonyl (C=O) groups excluding carboxylic acids is 1. The van der Waals surface area contributed by atoms with Crippen LogP contribution in [0.2, 0.25) is 0 Å². The van der Waals surface area contributed by atoms with Gasteiger partial charge in [-0.15, -0.1) is 0 Å². The van der Waals surface area contributed by atoms with Crippen molar-refractivity contribution < 1.29 is 14.6 Å². The second-order valence-corrected chi connectivity index (χ2v) is 6.77. The number of aliphatic hydroxyl groups is 1. The monoisotopic (exact) mass is 292 g/mol. The maximum atomic E-state index is 11.5. The Morgan fingerprint density at radius 3 is 2.37 bits per heavy atom. The predicted molar refractivity (Wildman–Crippen MR) is 80.7 cm³/mol. The van der Waals surface area contributed by atoms with Crippen LogP contribution in [0.4, 0.5) is 4.79 Å². The number of hydrogen-bond acceptors (Lipinski definition) is 5. The molecule has 0 spiro atoms. The highest BCUT2D eigenvalue weighted by Gasteiger charge is 2.19. The van der Waals surface area contributed by atoms with Gasteiger partial charge in [-0.25, -0.2) is 4.79 Å². The minimum absolute atomic E-state index is 0.115. The molecular weight excluding hydrogens is 264 g/mol. The molecule has 19 heavy (non-hydrogen) atoms. The zero-order valence-corrected chi connectivity index (χ0v) is 13.6. The average molecular weight is 292 g/mol. The molecule has 3 atom stereocenters. The van der Waals surface area contributed by atoms with E-state index in [1.165, 1.54) is 0 Å². The molecule has 5 nitrogen and oxygen atoms in total. The molecule has 1 amide bonds. The number of nitrogens with one attached hydrogen (secondary N) is 2. The van der Waals surface area contributed by atoms with E-state index in [1.54, 1.807) is 11.8 Å². The second kappa shape index (κ2) is 8.66. The third-order valence-corrected chi connectivity index (χ3v) is 3.70. The molecule has 0 aromatic rings. The van der Waals surface area contributed by atoms with Crippen LogP contribution in [0.5, 0.6) is 0 Å². The van der Waals surface area contributed by atoms with E-state index in [1.807, 2.05) is 40.9 Å². The van der Waals surface area contributed by atoms with Gasteiger partial charge in [0.1, 0.15) is 5.60 Å². The zero-order chi connectivity index (χ0) is 15.1. The molecule has 0 heterocycles. The third-order valence-electron chi connectivity index (χ3n) is 2.54. The van der Waals surface area contributed by atoms with Gasteiger partial charge in [0, 0.05) is 23.9 Å². The molecule has 3 N–H and O–H groups in total. The highest BCUT2D eigenvalue weighted by atomic mass is 32.2. The molecule has 3 unspecified atom stereocenters. The van der Waals surface area contributed by atoms with Gasteiger partial charge in [-0.05, 0) is 40.9 Å². The molecule has 0 aliphatic carbocycles. The van der Waals surface area contributed by atoms with Crippen LogP contribution in [0.15, 0.2) is 0 Å². The van der Waals surface area contributed by atoms with Crippen molar-refractivity contribution in [3.8, 4) is 0 Å². The number of amides is 1. The summed E-state index contributed by atoms with van der Waals surface area (Å²) in [4.78, 5) is 11.5. The number of thioether (sulfide) groups is 1. The summed E-state index contributed by atoms with van der Waals surface area (Å²) in [5.74, 6) is 0. The van der Waals surface area contributed by atoms with Gasteiger partial charge >= 0.3 is 6.09 Å². The summed E-state index contributed by atoms with van der Waals surface area (Å²) in [5.41, 5.74) is -0.477. The second-order valence-electron chi connectivity index (χ2n) is 5.70. The summed E-state index contributed by atoms with van der Waals surface area (Å²) in [5, 5.41) is 15.4. The molecule has 0 rings (SSSR count). The van der Waals surface area contributed by atoms with E-state index in [-0.39, 0.29) is 23.9 Å². The Hall–Kier alpha value is -0.460. The molecule has 0 saturated heterocycles. The zero-order valence-electron chi connectivity index (χ0n) is 12.8. The molecule has 0 fully saturated rings. The molecule has 0 aliphatic heterocycles. The minimum atomic E-state index is -0.477. The molecule has 0 aromatic heterocycles. The predicted octanol–water partition coefficient (Wildman–Crippen LogP) is 1.60. The first-order chi connectivity index (χ1) is 8.69. The standard InChI is InChI=1S/C13H28N2O3S/c1-9(15-10(2)11(8-16)19-6)7-14-12(17)18-13(3,4)5/h9-11,15-16H,7-8H2,1-6H3,(H,14,17). The lowest BCUT2D eigenvalue weighted by Crippen LogP contribution is -2.47. The Labute approximate surface area is 120 Å². The first-order valence-electron chi connectivity index (χ1n) is 6.56. The van der Waals surface area contributed by atoms with E-state index in [4.69, 9.17) is 4.74 Å². The summed E-state index contributed by atoms with van der Waals surface area (Å²) in [6.07, 6.45) is 1.57. The van der Waals surface area contributed by atoms with Crippen LogP contribution >= 0.6 is 11.8 Å². The number of carbonyl (C=O) groups is 1. The fourth-order valence-corrected chi connectivity index (χ4v) is 2.24. The fraction of sp³-hybridized carbons (Fsp3) is 0.923. The Balaban J connectivity index is 3.98. The average Bonchev–Trinajstić information content (AvgIpc) is 2.25. The van der Waals surface area contributed by atoms with Crippen LogP contribution in [0.25, 0.3) is 0 Å². The third kappa shape index (κ3) is 9.13. The lowest BCUT2D eigenvalue weighted by atomic mass is 10.2. The Bertz CT molecular complexity index is 265. The molecule has 6 heteroatoms. The van der Waals surface area contributed by atoms with Crippen LogP contribution < -0.4 is 10.6 Å². The molecule has 0 aliphatic rings. The van der Waals surface area contributed by atoms with E-state index in [0.29, 0.717) is 6.54 Å². The molecular formula is C13H28N2O3S. The fourth-order valence-electron chi connectivity index (χ4n) is 1.60. The highest BCUT2D eigenvalue weighted by Crippen LogP contribution is 2.10. The lowest BCUT2D eigenvalue weighted by molar-refractivity contribution is 0.0522. The quantitative estimate of drug-likeness (QED) is 0.665. The van der Waals surface area contributed by atoms with Crippen molar-refractivity contribution in [2.45, 2.75) is 57.6 Å². The van der Waals surface area contributed by atoms with Crippen molar-refractivity contribution in [1.82, 2.24) is 10.6 Å². The van der Waals surface area contributed by atoms with Crippen molar-refractivity contribution in [3.63, 3.8) is 0 Å². The molecule has 0 aromatic carbocycles. The Morgan fingerprint density at radius 2 is 1.95 bits per heavy atom. The van der Waals surface area contributed by atoms with Crippen LogP contribution in [-0.4, -0.2) is 53.5 Å². The topological polar surface area (TPSA) is 70.6 Å². The van der Waals surface area contributed by atoms with Crippen molar-refractivity contribution in [2.75, 3.05) is 19.4 Å². The number of alkyl carbamates (subject to hydrolysis) is 1. The van der Waals surface area contributed by atoms with Crippen molar-refractivity contribution >= 4 is 17.9 Å². The van der Waals surface area contributed by atoms with Gasteiger partial charge in [-0.1, -0.05) is 0 Å². The lowest BCUT2D eigenvalue weighted by Gasteiger charge is -2.26. The molecule has 0 bridgehead atoms. The van der Waals surface area contributed by atoms with Gasteiger partial charge < -0.3 is 20.5 Å². The number of hydrogen-bond donors (Lipinski definition) is 3. The van der Waals surface area contributed by atoms with Gasteiger partial charge in [-0.2, -0.15) is 11.8 Å². The largest absolute Gasteiger partial charge is 0.444 e. The van der Waals surface area contributed by atoms with Crippen LogP contribution in [0.1, 0.15) is 34.6 Å². The maximum Gasteiger partial charge on any atom is 0.407 e. The minimum Gasteiger partial charge on any atom is -0.444 e. The van der Waals surface area contributed by atoms with Crippen LogP contribution in [0.3, 0.4) is 0 Å². The van der Waals surface area contributed by atoms with Gasteiger partial charge in [0.2, 0.25) is 0 Å². The first-order valence-corrected chi connectivity index (χ1v) is 7.85. The summed E-state index contributed by atoms with van der Waals surface area (Å²) in [7, 11) is 0. The van der Waals surface area contributed by atoms with Gasteiger partial charge in [0.25, 0.3) is 0 Å². The highest BCUT2D eigenvalue weighted by molar-refractivity contribution is 7.99. The molecule has 114 valence electrons. The van der Waals surface area contributed by atoms with Crippen LogP contribution in [0, 0.1) is 0 Å². The summed E-state index contributed by atoms with van der Waals surface area (Å²) < 4.78 is 5.16.